The first-order chi connectivity index (χ1) is 13.3. The van der Waals surface area contributed by atoms with Crippen molar-refractivity contribution in [3.8, 4) is 11.5 Å². The van der Waals surface area contributed by atoms with E-state index in [0.29, 0.717) is 36.5 Å². The Morgan fingerprint density at radius 1 is 1.18 bits per heavy atom. The summed E-state index contributed by atoms with van der Waals surface area (Å²) < 4.78 is 55.4. The SMILES string of the molecule is COC(=O)CC1COc2cc(OC3CCc4ccc(C(F)(F)F)cc43)ccc21. The largest absolute Gasteiger partial charge is 0.492 e. The standard InChI is InChI=1S/C21H19F3O4/c1-26-20(25)8-13-11-27-19-10-15(5-6-16(13)19)28-18-7-3-12-2-4-14(9-17(12)18)21(22,23)24/h2,4-6,9-10,13,18H,3,7-8,11H2,1H3. The molecule has 1 aliphatic heterocycles. The number of rotatable bonds is 4. The summed E-state index contributed by atoms with van der Waals surface area (Å²) in [6.45, 7) is 0.384. The number of esters is 1. The topological polar surface area (TPSA) is 44.8 Å². The summed E-state index contributed by atoms with van der Waals surface area (Å²) in [6.07, 6.45) is -3.26. The zero-order chi connectivity index (χ0) is 19.9. The van der Waals surface area contributed by atoms with Gasteiger partial charge < -0.3 is 14.2 Å². The number of hydrogen-bond acceptors (Lipinski definition) is 4. The van der Waals surface area contributed by atoms with Gasteiger partial charge in [0.2, 0.25) is 0 Å². The summed E-state index contributed by atoms with van der Waals surface area (Å²) in [4.78, 5) is 11.5. The number of hydrogen-bond donors (Lipinski definition) is 0. The minimum absolute atomic E-state index is 0.0712. The third-order valence-electron chi connectivity index (χ3n) is 5.28. The lowest BCUT2D eigenvalue weighted by atomic mass is 9.98. The van der Waals surface area contributed by atoms with E-state index in [4.69, 9.17) is 14.2 Å². The minimum atomic E-state index is -4.38. The van der Waals surface area contributed by atoms with E-state index in [2.05, 4.69) is 0 Å². The van der Waals surface area contributed by atoms with E-state index in [-0.39, 0.29) is 18.3 Å². The highest BCUT2D eigenvalue weighted by molar-refractivity contribution is 5.71. The molecular weight excluding hydrogens is 373 g/mol. The van der Waals surface area contributed by atoms with Crippen LogP contribution < -0.4 is 9.47 Å². The molecule has 1 aliphatic carbocycles. The van der Waals surface area contributed by atoms with Gasteiger partial charge in [0.1, 0.15) is 17.6 Å². The van der Waals surface area contributed by atoms with Crippen molar-refractivity contribution in [2.75, 3.05) is 13.7 Å². The van der Waals surface area contributed by atoms with Crippen LogP contribution >= 0.6 is 0 Å². The second kappa shape index (κ2) is 7.04. The van der Waals surface area contributed by atoms with Crippen molar-refractivity contribution < 1.29 is 32.2 Å². The zero-order valence-electron chi connectivity index (χ0n) is 15.2. The van der Waals surface area contributed by atoms with Gasteiger partial charge in [-0.2, -0.15) is 13.2 Å². The lowest BCUT2D eigenvalue weighted by molar-refractivity contribution is -0.141. The maximum Gasteiger partial charge on any atom is 0.416 e. The Labute approximate surface area is 160 Å². The summed E-state index contributed by atoms with van der Waals surface area (Å²) in [5.74, 6) is 0.796. The van der Waals surface area contributed by atoms with E-state index in [1.165, 1.54) is 19.2 Å². The second-order valence-electron chi connectivity index (χ2n) is 7.04. The molecule has 0 saturated carbocycles. The van der Waals surface area contributed by atoms with Gasteiger partial charge in [0, 0.05) is 17.5 Å². The van der Waals surface area contributed by atoms with E-state index >= 15 is 0 Å². The van der Waals surface area contributed by atoms with Crippen LogP contribution in [0.15, 0.2) is 36.4 Å². The Morgan fingerprint density at radius 2 is 2.00 bits per heavy atom. The number of benzene rings is 2. The molecule has 4 nitrogen and oxygen atoms in total. The van der Waals surface area contributed by atoms with E-state index in [1.807, 2.05) is 6.07 Å². The predicted molar refractivity (Wildman–Crippen MR) is 94.4 cm³/mol. The third kappa shape index (κ3) is 3.53. The Kier molecular flexibility index (Phi) is 4.69. The molecule has 2 atom stereocenters. The monoisotopic (exact) mass is 392 g/mol. The molecule has 0 N–H and O–H groups in total. The summed E-state index contributed by atoms with van der Waals surface area (Å²) >= 11 is 0. The first-order valence-electron chi connectivity index (χ1n) is 9.05. The van der Waals surface area contributed by atoms with Gasteiger partial charge >= 0.3 is 12.1 Å². The number of halogens is 3. The molecule has 0 fully saturated rings. The molecule has 2 aliphatic rings. The van der Waals surface area contributed by atoms with Gasteiger partial charge in [-0.1, -0.05) is 12.1 Å². The smallest absolute Gasteiger partial charge is 0.416 e. The van der Waals surface area contributed by atoms with Gasteiger partial charge in [-0.05, 0) is 42.2 Å². The lowest BCUT2D eigenvalue weighted by Gasteiger charge is -2.17. The average molecular weight is 392 g/mol. The average Bonchev–Trinajstić information content (AvgIpc) is 3.25. The summed E-state index contributed by atoms with van der Waals surface area (Å²) in [7, 11) is 1.35. The Morgan fingerprint density at radius 3 is 2.75 bits per heavy atom. The van der Waals surface area contributed by atoms with Crippen LogP contribution in [0.2, 0.25) is 0 Å². The number of carbonyl (C=O) groups is 1. The van der Waals surface area contributed by atoms with Crippen molar-refractivity contribution >= 4 is 5.97 Å². The van der Waals surface area contributed by atoms with E-state index in [0.717, 1.165) is 17.2 Å². The first kappa shape index (κ1) is 18.7. The highest BCUT2D eigenvalue weighted by atomic mass is 19.4. The van der Waals surface area contributed by atoms with Gasteiger partial charge in [-0.3, -0.25) is 4.79 Å². The van der Waals surface area contributed by atoms with E-state index < -0.39 is 17.8 Å². The van der Waals surface area contributed by atoms with Gasteiger partial charge in [0.15, 0.2) is 0 Å². The number of carbonyl (C=O) groups excluding carboxylic acids is 1. The molecule has 4 rings (SSSR count). The van der Waals surface area contributed by atoms with Crippen molar-refractivity contribution in [2.45, 2.75) is 37.5 Å². The number of aryl methyl sites for hydroxylation is 1. The molecule has 0 aromatic heterocycles. The zero-order valence-corrected chi connectivity index (χ0v) is 15.2. The predicted octanol–water partition coefficient (Wildman–Crippen LogP) is 4.81. The lowest BCUT2D eigenvalue weighted by Crippen LogP contribution is -2.09. The maximum atomic E-state index is 13.0. The molecule has 0 amide bonds. The quantitative estimate of drug-likeness (QED) is 0.701. The van der Waals surface area contributed by atoms with Gasteiger partial charge in [-0.15, -0.1) is 0 Å². The van der Waals surface area contributed by atoms with Crippen LogP contribution in [-0.2, 0) is 22.1 Å². The van der Waals surface area contributed by atoms with Gasteiger partial charge in [0.05, 0.1) is 25.7 Å². The minimum Gasteiger partial charge on any atom is -0.492 e. The second-order valence-corrected chi connectivity index (χ2v) is 7.04. The van der Waals surface area contributed by atoms with E-state index in [9.17, 15) is 18.0 Å². The number of methoxy groups -OCH3 is 1. The summed E-state index contributed by atoms with van der Waals surface area (Å²) in [5, 5.41) is 0. The summed E-state index contributed by atoms with van der Waals surface area (Å²) in [6, 6.07) is 9.18. The number of ether oxygens (including phenoxy) is 3. The number of fused-ring (bicyclic) bond motifs is 2. The molecule has 148 valence electrons. The van der Waals surface area contributed by atoms with Crippen LogP contribution in [0, 0.1) is 0 Å². The normalized spacial score (nSPS) is 20.3. The van der Waals surface area contributed by atoms with Crippen molar-refractivity contribution in [2.24, 2.45) is 0 Å². The maximum absolute atomic E-state index is 13.0. The van der Waals surface area contributed by atoms with Crippen molar-refractivity contribution in [3.05, 3.63) is 58.7 Å². The Bertz CT molecular complexity index is 907. The molecule has 2 unspecified atom stereocenters. The highest BCUT2D eigenvalue weighted by Gasteiger charge is 2.34. The fraction of sp³-hybridized carbons (Fsp3) is 0.381. The van der Waals surface area contributed by atoms with Crippen LogP contribution in [0.4, 0.5) is 13.2 Å². The van der Waals surface area contributed by atoms with Crippen LogP contribution in [-0.4, -0.2) is 19.7 Å². The van der Waals surface area contributed by atoms with Crippen LogP contribution in [0.3, 0.4) is 0 Å². The molecule has 0 spiro atoms. The molecule has 28 heavy (non-hydrogen) atoms. The van der Waals surface area contributed by atoms with E-state index in [1.54, 1.807) is 12.1 Å². The molecule has 2 aromatic carbocycles. The highest BCUT2D eigenvalue weighted by Crippen LogP contribution is 2.42. The first-order valence-corrected chi connectivity index (χ1v) is 9.05. The third-order valence-corrected chi connectivity index (χ3v) is 5.28. The molecule has 1 heterocycles. The fourth-order valence-electron chi connectivity index (χ4n) is 3.81. The Hall–Kier alpha value is -2.70. The van der Waals surface area contributed by atoms with Crippen molar-refractivity contribution in [1.82, 2.24) is 0 Å². The number of alkyl halides is 3. The summed E-state index contributed by atoms with van der Waals surface area (Å²) in [5.41, 5.74) is 1.71. The molecule has 7 heteroatoms. The molecule has 0 radical (unpaired) electrons. The van der Waals surface area contributed by atoms with Crippen LogP contribution in [0.1, 0.15) is 47.1 Å². The molecule has 0 saturated heterocycles. The van der Waals surface area contributed by atoms with Gasteiger partial charge in [-0.25, -0.2) is 0 Å². The van der Waals surface area contributed by atoms with Crippen LogP contribution in [0.5, 0.6) is 11.5 Å². The van der Waals surface area contributed by atoms with Crippen molar-refractivity contribution in [1.29, 1.82) is 0 Å². The molecule has 2 aromatic rings. The van der Waals surface area contributed by atoms with Crippen LogP contribution in [0.25, 0.3) is 0 Å². The molecule has 0 bridgehead atoms. The van der Waals surface area contributed by atoms with Gasteiger partial charge in [0.25, 0.3) is 0 Å². The molecular formula is C21H19F3O4. The fourth-order valence-corrected chi connectivity index (χ4v) is 3.81. The van der Waals surface area contributed by atoms with Crippen molar-refractivity contribution in [3.63, 3.8) is 0 Å². The Balaban J connectivity index is 1.52.